The maximum absolute atomic E-state index is 4.26. The van der Waals surface area contributed by atoms with Crippen molar-refractivity contribution in [1.82, 2.24) is 20.5 Å². The van der Waals surface area contributed by atoms with Crippen molar-refractivity contribution < 1.29 is 0 Å². The number of hydrogen-bond acceptors (Lipinski definition) is 2. The summed E-state index contributed by atoms with van der Waals surface area (Å²) >= 11 is 0. The number of nitrogens with zero attached hydrogens (tertiary/aromatic N) is 2. The summed E-state index contributed by atoms with van der Waals surface area (Å²) in [6.45, 7) is 6.00. The molecule has 0 bridgehead atoms. The highest BCUT2D eigenvalue weighted by molar-refractivity contribution is 14.0. The Morgan fingerprint density at radius 2 is 1.96 bits per heavy atom. The molecule has 0 saturated carbocycles. The Labute approximate surface area is 156 Å². The molecule has 0 aliphatic carbocycles. The quantitative estimate of drug-likeness (QED) is 0.360. The SMILES string of the molecule is CCN(C)CCNC(=NC)NCCc1c[nH]c2ccccc12.I. The molecule has 3 N–H and O–H groups in total. The van der Waals surface area contributed by atoms with Crippen molar-refractivity contribution >= 4 is 40.8 Å². The molecule has 0 unspecified atom stereocenters. The van der Waals surface area contributed by atoms with Crippen LogP contribution in [-0.4, -0.2) is 56.1 Å². The normalized spacial score (nSPS) is 11.6. The fourth-order valence-electron chi connectivity index (χ4n) is 2.40. The predicted molar refractivity (Wildman–Crippen MR) is 110 cm³/mol. The zero-order chi connectivity index (χ0) is 15.8. The summed E-state index contributed by atoms with van der Waals surface area (Å²) in [4.78, 5) is 9.84. The zero-order valence-corrected chi connectivity index (χ0v) is 16.6. The van der Waals surface area contributed by atoms with Gasteiger partial charge in [0.15, 0.2) is 5.96 Å². The van der Waals surface area contributed by atoms with Gasteiger partial charge in [0, 0.05) is 43.8 Å². The van der Waals surface area contributed by atoms with Crippen LogP contribution in [0.3, 0.4) is 0 Å². The van der Waals surface area contributed by atoms with Gasteiger partial charge in [-0.05, 0) is 31.6 Å². The van der Waals surface area contributed by atoms with Crippen molar-refractivity contribution in [3.63, 3.8) is 0 Å². The molecule has 6 heteroatoms. The van der Waals surface area contributed by atoms with Crippen LogP contribution in [0.2, 0.25) is 0 Å². The second-order valence-corrected chi connectivity index (χ2v) is 5.43. The Morgan fingerprint density at radius 3 is 2.70 bits per heavy atom. The number of nitrogens with one attached hydrogen (secondary N) is 3. The first-order valence-corrected chi connectivity index (χ1v) is 7.92. The van der Waals surface area contributed by atoms with Crippen LogP contribution in [0.4, 0.5) is 0 Å². The van der Waals surface area contributed by atoms with E-state index >= 15 is 0 Å². The molecule has 0 aliphatic rings. The van der Waals surface area contributed by atoms with Crippen LogP contribution in [-0.2, 0) is 6.42 Å². The highest BCUT2D eigenvalue weighted by Gasteiger charge is 2.03. The molecule has 1 aromatic heterocycles. The minimum atomic E-state index is 0. The predicted octanol–water partition coefficient (Wildman–Crippen LogP) is 2.45. The van der Waals surface area contributed by atoms with Crippen LogP contribution in [0, 0.1) is 0 Å². The maximum Gasteiger partial charge on any atom is 0.191 e. The first-order chi connectivity index (χ1) is 10.7. The summed E-state index contributed by atoms with van der Waals surface area (Å²) < 4.78 is 0. The molecule has 2 aromatic rings. The third-order valence-corrected chi connectivity index (χ3v) is 3.91. The molecule has 1 heterocycles. The number of fused-ring (bicyclic) bond motifs is 1. The Kier molecular flexibility index (Phi) is 9.01. The fraction of sp³-hybridized carbons (Fsp3) is 0.471. The van der Waals surface area contributed by atoms with Gasteiger partial charge in [0.25, 0.3) is 0 Å². The first-order valence-electron chi connectivity index (χ1n) is 7.92. The molecule has 0 spiro atoms. The van der Waals surface area contributed by atoms with E-state index in [1.807, 2.05) is 7.05 Å². The van der Waals surface area contributed by atoms with Gasteiger partial charge in [-0.2, -0.15) is 0 Å². The number of halogens is 1. The fourth-order valence-corrected chi connectivity index (χ4v) is 2.40. The molecule has 0 saturated heterocycles. The van der Waals surface area contributed by atoms with E-state index in [1.54, 1.807) is 0 Å². The van der Waals surface area contributed by atoms with Crippen molar-refractivity contribution in [2.24, 2.45) is 4.99 Å². The van der Waals surface area contributed by atoms with Crippen LogP contribution < -0.4 is 10.6 Å². The lowest BCUT2D eigenvalue weighted by Crippen LogP contribution is -2.41. The summed E-state index contributed by atoms with van der Waals surface area (Å²) in [7, 11) is 3.93. The number of hydrogen-bond donors (Lipinski definition) is 3. The molecule has 0 aliphatic heterocycles. The average Bonchev–Trinajstić information content (AvgIpc) is 2.96. The van der Waals surface area contributed by atoms with Gasteiger partial charge in [-0.1, -0.05) is 25.1 Å². The van der Waals surface area contributed by atoms with Gasteiger partial charge in [0.2, 0.25) is 0 Å². The number of aromatic nitrogens is 1. The Morgan fingerprint density at radius 1 is 1.22 bits per heavy atom. The number of H-pyrrole nitrogens is 1. The number of aromatic amines is 1. The van der Waals surface area contributed by atoms with E-state index in [1.165, 1.54) is 16.5 Å². The number of likely N-dealkylation sites (N-methyl/N-ethyl adjacent to an activating group) is 1. The Hall–Kier alpha value is -1.28. The lowest BCUT2D eigenvalue weighted by molar-refractivity contribution is 0.357. The van der Waals surface area contributed by atoms with Crippen LogP contribution in [0.15, 0.2) is 35.5 Å². The summed E-state index contributed by atoms with van der Waals surface area (Å²) in [5.74, 6) is 0.865. The van der Waals surface area contributed by atoms with Crippen molar-refractivity contribution in [3.05, 3.63) is 36.0 Å². The first kappa shape index (κ1) is 19.8. The minimum Gasteiger partial charge on any atom is -0.361 e. The molecule has 23 heavy (non-hydrogen) atoms. The molecule has 0 amide bonds. The van der Waals surface area contributed by atoms with Crippen molar-refractivity contribution in [2.75, 3.05) is 40.3 Å². The monoisotopic (exact) mass is 429 g/mol. The summed E-state index contributed by atoms with van der Waals surface area (Å²) in [5.41, 5.74) is 2.53. The van der Waals surface area contributed by atoms with E-state index in [0.717, 1.165) is 38.6 Å². The number of guanidine groups is 1. The van der Waals surface area contributed by atoms with Crippen LogP contribution in [0.1, 0.15) is 12.5 Å². The third-order valence-electron chi connectivity index (χ3n) is 3.91. The second-order valence-electron chi connectivity index (χ2n) is 5.43. The number of para-hydroxylation sites is 1. The molecule has 5 nitrogen and oxygen atoms in total. The molecule has 1 aromatic carbocycles. The van der Waals surface area contributed by atoms with Gasteiger partial charge < -0.3 is 20.5 Å². The summed E-state index contributed by atoms with van der Waals surface area (Å²) in [6, 6.07) is 8.41. The van der Waals surface area contributed by atoms with Crippen LogP contribution in [0.25, 0.3) is 10.9 Å². The maximum atomic E-state index is 4.26. The van der Waals surface area contributed by atoms with Crippen molar-refractivity contribution in [1.29, 1.82) is 0 Å². The third kappa shape index (κ3) is 6.02. The molecule has 128 valence electrons. The van der Waals surface area contributed by atoms with Gasteiger partial charge >= 0.3 is 0 Å². The second kappa shape index (κ2) is 10.5. The molecular formula is C17H28IN5. The number of rotatable bonds is 7. The molecule has 0 fully saturated rings. The Bertz CT molecular complexity index is 608. The van der Waals surface area contributed by atoms with Crippen LogP contribution in [0.5, 0.6) is 0 Å². The summed E-state index contributed by atoms with van der Waals surface area (Å²) in [5, 5.41) is 8.01. The lowest BCUT2D eigenvalue weighted by Gasteiger charge is -2.16. The zero-order valence-electron chi connectivity index (χ0n) is 14.2. The van der Waals surface area contributed by atoms with E-state index in [-0.39, 0.29) is 24.0 Å². The number of benzene rings is 1. The smallest absolute Gasteiger partial charge is 0.191 e. The van der Waals surface area contributed by atoms with E-state index in [2.05, 4.69) is 69.9 Å². The number of aliphatic imine (C=N–C) groups is 1. The molecule has 0 atom stereocenters. The molecular weight excluding hydrogens is 401 g/mol. The highest BCUT2D eigenvalue weighted by atomic mass is 127. The van der Waals surface area contributed by atoms with Crippen LogP contribution >= 0.6 is 24.0 Å². The van der Waals surface area contributed by atoms with E-state index in [4.69, 9.17) is 0 Å². The summed E-state index contributed by atoms with van der Waals surface area (Å²) in [6.07, 6.45) is 3.07. The van der Waals surface area contributed by atoms with E-state index in [0.29, 0.717) is 0 Å². The minimum absolute atomic E-state index is 0. The average molecular weight is 429 g/mol. The molecule has 0 radical (unpaired) electrons. The van der Waals surface area contributed by atoms with Gasteiger partial charge in [0.05, 0.1) is 0 Å². The van der Waals surface area contributed by atoms with Gasteiger partial charge in [-0.25, -0.2) is 0 Å². The van der Waals surface area contributed by atoms with Gasteiger partial charge in [0.1, 0.15) is 0 Å². The van der Waals surface area contributed by atoms with Crippen molar-refractivity contribution in [3.8, 4) is 0 Å². The van der Waals surface area contributed by atoms with Crippen molar-refractivity contribution in [2.45, 2.75) is 13.3 Å². The topological polar surface area (TPSA) is 55.4 Å². The van der Waals surface area contributed by atoms with Gasteiger partial charge in [-0.3, -0.25) is 4.99 Å². The van der Waals surface area contributed by atoms with E-state index < -0.39 is 0 Å². The highest BCUT2D eigenvalue weighted by Crippen LogP contribution is 2.17. The largest absolute Gasteiger partial charge is 0.361 e. The van der Waals surface area contributed by atoms with Gasteiger partial charge in [-0.15, -0.1) is 24.0 Å². The van der Waals surface area contributed by atoms with E-state index in [9.17, 15) is 0 Å². The standard InChI is InChI=1S/C17H27N5.HI/c1-4-22(3)12-11-20-17(18-2)19-10-9-14-13-21-16-8-6-5-7-15(14)16;/h5-8,13,21H,4,9-12H2,1-3H3,(H2,18,19,20);1H. The lowest BCUT2D eigenvalue weighted by atomic mass is 10.1. The molecule has 2 rings (SSSR count). The Balaban J connectivity index is 0.00000264.